The number of hydrogen-bond donors (Lipinski definition) is 1. The molecule has 0 amide bonds. The van der Waals surface area contributed by atoms with Crippen molar-refractivity contribution in [1.29, 1.82) is 0 Å². The van der Waals surface area contributed by atoms with Crippen molar-refractivity contribution in [3.63, 3.8) is 0 Å². The maximum Gasteiger partial charge on any atom is 0.135 e. The lowest BCUT2D eigenvalue weighted by Gasteiger charge is -2.15. The largest absolute Gasteiger partial charge is 0.383 e. The van der Waals surface area contributed by atoms with Crippen LogP contribution in [-0.2, 0) is 12.5 Å². The molecule has 1 aromatic rings. The molecule has 1 aromatic heterocycles. The van der Waals surface area contributed by atoms with E-state index in [9.17, 15) is 0 Å². The number of anilines is 1. The molecule has 0 aliphatic rings. The second kappa shape index (κ2) is 2.90. The first kappa shape index (κ1) is 9.83. The van der Waals surface area contributed by atoms with Crippen molar-refractivity contribution in [2.75, 3.05) is 5.73 Å². The highest BCUT2D eigenvalue weighted by atomic mass is 127. The van der Waals surface area contributed by atoms with Gasteiger partial charge in [0.25, 0.3) is 0 Å². The Balaban J connectivity index is 3.28. The van der Waals surface area contributed by atoms with E-state index in [0.29, 0.717) is 0 Å². The van der Waals surface area contributed by atoms with Crippen molar-refractivity contribution in [3.8, 4) is 0 Å². The third-order valence-electron chi connectivity index (χ3n) is 1.74. The minimum Gasteiger partial charge on any atom is -0.383 e. The van der Waals surface area contributed by atoms with Gasteiger partial charge in [0.1, 0.15) is 5.82 Å². The molecule has 3 nitrogen and oxygen atoms in total. The van der Waals surface area contributed by atoms with Gasteiger partial charge in [0.2, 0.25) is 0 Å². The first-order chi connectivity index (χ1) is 5.34. The topological polar surface area (TPSA) is 43.8 Å². The highest BCUT2D eigenvalue weighted by Gasteiger charge is 2.22. The van der Waals surface area contributed by atoms with E-state index in [-0.39, 0.29) is 5.41 Å². The van der Waals surface area contributed by atoms with Crippen LogP contribution in [-0.4, -0.2) is 9.78 Å². The fourth-order valence-electron chi connectivity index (χ4n) is 0.990. The minimum atomic E-state index is 0.0753. The van der Waals surface area contributed by atoms with E-state index in [0.717, 1.165) is 15.1 Å². The smallest absolute Gasteiger partial charge is 0.135 e. The maximum absolute atomic E-state index is 5.79. The van der Waals surface area contributed by atoms with Gasteiger partial charge in [-0.25, -0.2) is 0 Å². The number of nitrogens with zero attached hydrogens (tertiary/aromatic N) is 2. The monoisotopic (exact) mass is 279 g/mol. The molecule has 0 saturated carbocycles. The van der Waals surface area contributed by atoms with Crippen molar-refractivity contribution >= 4 is 28.4 Å². The molecule has 1 heterocycles. The second-order valence-corrected chi connectivity index (χ2v) is 5.00. The number of nitrogens with two attached hydrogens (primary N) is 1. The minimum absolute atomic E-state index is 0.0753. The third kappa shape index (κ3) is 1.57. The molecule has 2 N–H and O–H groups in total. The van der Waals surface area contributed by atoms with Crippen LogP contribution in [0.1, 0.15) is 26.5 Å². The van der Waals surface area contributed by atoms with Gasteiger partial charge in [0.05, 0.1) is 9.26 Å². The van der Waals surface area contributed by atoms with Crippen LogP contribution in [0, 0.1) is 3.57 Å². The molecule has 4 heteroatoms. The van der Waals surface area contributed by atoms with Gasteiger partial charge in [-0.1, -0.05) is 20.8 Å². The van der Waals surface area contributed by atoms with Crippen LogP contribution < -0.4 is 5.73 Å². The normalized spacial score (nSPS) is 12.1. The van der Waals surface area contributed by atoms with Crippen molar-refractivity contribution < 1.29 is 0 Å². The van der Waals surface area contributed by atoms with Gasteiger partial charge in [0, 0.05) is 12.5 Å². The molecule has 0 aromatic carbocycles. The van der Waals surface area contributed by atoms with E-state index in [2.05, 4.69) is 48.5 Å². The van der Waals surface area contributed by atoms with E-state index < -0.39 is 0 Å². The van der Waals surface area contributed by atoms with Gasteiger partial charge >= 0.3 is 0 Å². The lowest BCUT2D eigenvalue weighted by atomic mass is 9.92. The van der Waals surface area contributed by atoms with Crippen molar-refractivity contribution in [3.05, 3.63) is 9.26 Å². The van der Waals surface area contributed by atoms with Gasteiger partial charge in [-0.3, -0.25) is 4.68 Å². The van der Waals surface area contributed by atoms with E-state index in [4.69, 9.17) is 5.73 Å². The molecule has 0 fully saturated rings. The van der Waals surface area contributed by atoms with Gasteiger partial charge in [-0.05, 0) is 22.6 Å². The summed E-state index contributed by atoms with van der Waals surface area (Å²) >= 11 is 2.24. The molecule has 12 heavy (non-hydrogen) atoms. The number of aromatic nitrogens is 2. The van der Waals surface area contributed by atoms with Gasteiger partial charge < -0.3 is 5.73 Å². The highest BCUT2D eigenvalue weighted by molar-refractivity contribution is 14.1. The Kier molecular flexibility index (Phi) is 2.38. The van der Waals surface area contributed by atoms with Crippen LogP contribution >= 0.6 is 22.6 Å². The first-order valence-electron chi connectivity index (χ1n) is 3.82. The van der Waals surface area contributed by atoms with E-state index in [1.807, 2.05) is 7.05 Å². The zero-order valence-corrected chi connectivity index (χ0v) is 10.0. The lowest BCUT2D eigenvalue weighted by Crippen LogP contribution is -2.13. The first-order valence-corrected chi connectivity index (χ1v) is 4.90. The van der Waals surface area contributed by atoms with Crippen LogP contribution in [0.4, 0.5) is 5.82 Å². The highest BCUT2D eigenvalue weighted by Crippen LogP contribution is 2.28. The van der Waals surface area contributed by atoms with Crippen LogP contribution in [0.5, 0.6) is 0 Å². The molecule has 0 aliphatic heterocycles. The molecule has 0 radical (unpaired) electrons. The third-order valence-corrected chi connectivity index (χ3v) is 2.81. The fourth-order valence-corrected chi connectivity index (χ4v) is 2.26. The molecular weight excluding hydrogens is 265 g/mol. The molecule has 0 bridgehead atoms. The molecule has 0 aliphatic carbocycles. The summed E-state index contributed by atoms with van der Waals surface area (Å²) in [6.45, 7) is 6.41. The molecule has 0 spiro atoms. The zero-order chi connectivity index (χ0) is 9.52. The summed E-state index contributed by atoms with van der Waals surface area (Å²) in [6, 6.07) is 0. The standard InChI is InChI=1S/C8H14IN3/c1-8(2,3)6-5(9)7(10)12(4)11-6/h10H2,1-4H3. The Hall–Kier alpha value is -0.260. The number of hydrogen-bond acceptors (Lipinski definition) is 2. The molecule has 68 valence electrons. The fraction of sp³-hybridized carbons (Fsp3) is 0.625. The van der Waals surface area contributed by atoms with E-state index in [1.165, 1.54) is 0 Å². The van der Waals surface area contributed by atoms with Crippen molar-refractivity contribution in [1.82, 2.24) is 9.78 Å². The molecule has 0 saturated heterocycles. The SMILES string of the molecule is Cn1nc(C(C)(C)C)c(I)c1N. The van der Waals surface area contributed by atoms with Crippen molar-refractivity contribution in [2.24, 2.45) is 7.05 Å². The Morgan fingerprint density at radius 2 is 1.92 bits per heavy atom. The van der Waals surface area contributed by atoms with E-state index in [1.54, 1.807) is 4.68 Å². The quantitative estimate of drug-likeness (QED) is 0.737. The second-order valence-electron chi connectivity index (χ2n) is 3.92. The van der Waals surface area contributed by atoms with Gasteiger partial charge in [-0.2, -0.15) is 5.10 Å². The molecule has 1 rings (SSSR count). The summed E-state index contributed by atoms with van der Waals surface area (Å²) in [7, 11) is 1.87. The summed E-state index contributed by atoms with van der Waals surface area (Å²) in [5, 5.41) is 4.37. The predicted octanol–water partition coefficient (Wildman–Crippen LogP) is 1.90. The number of halogens is 1. The average molecular weight is 279 g/mol. The van der Waals surface area contributed by atoms with Crippen LogP contribution in [0.15, 0.2) is 0 Å². The Morgan fingerprint density at radius 1 is 1.42 bits per heavy atom. The predicted molar refractivity (Wildman–Crippen MR) is 59.0 cm³/mol. The summed E-state index contributed by atoms with van der Waals surface area (Å²) in [5.41, 5.74) is 6.94. The summed E-state index contributed by atoms with van der Waals surface area (Å²) in [4.78, 5) is 0. The molecule has 0 atom stereocenters. The molecular formula is C8H14IN3. The molecule has 0 unspecified atom stereocenters. The lowest BCUT2D eigenvalue weighted by molar-refractivity contribution is 0.551. The van der Waals surface area contributed by atoms with Gasteiger partial charge in [-0.15, -0.1) is 0 Å². The number of rotatable bonds is 0. The average Bonchev–Trinajstić information content (AvgIpc) is 2.15. The Morgan fingerprint density at radius 3 is 2.08 bits per heavy atom. The van der Waals surface area contributed by atoms with Crippen LogP contribution in [0.3, 0.4) is 0 Å². The number of nitrogen functional groups attached to an aromatic ring is 1. The summed E-state index contributed by atoms with van der Waals surface area (Å²) < 4.78 is 2.80. The summed E-state index contributed by atoms with van der Waals surface area (Å²) in [6.07, 6.45) is 0. The number of aryl methyl sites for hydroxylation is 1. The zero-order valence-electron chi connectivity index (χ0n) is 7.85. The summed E-state index contributed by atoms with van der Waals surface area (Å²) in [5.74, 6) is 0.750. The van der Waals surface area contributed by atoms with E-state index >= 15 is 0 Å². The maximum atomic E-state index is 5.79. The Bertz CT molecular complexity index is 296. The van der Waals surface area contributed by atoms with Crippen molar-refractivity contribution in [2.45, 2.75) is 26.2 Å². The van der Waals surface area contributed by atoms with Crippen LogP contribution in [0.2, 0.25) is 0 Å². The van der Waals surface area contributed by atoms with Crippen LogP contribution in [0.25, 0.3) is 0 Å². The van der Waals surface area contributed by atoms with Gasteiger partial charge in [0.15, 0.2) is 0 Å². The Labute approximate surface area is 86.5 Å².